The number of piperidine rings is 1. The van der Waals surface area contributed by atoms with Gasteiger partial charge in [0.05, 0.1) is 16.9 Å². The number of benzene rings is 3. The molecule has 8 heteroatoms. The van der Waals surface area contributed by atoms with Gasteiger partial charge >= 0.3 is 12.3 Å². The number of hydrogen-bond donors (Lipinski definition) is 1. The summed E-state index contributed by atoms with van der Waals surface area (Å²) in [4.78, 5) is 15.6. The number of amides is 1. The molecular formula is C29H28F4N2O2. The molecular weight excluding hydrogens is 484 g/mol. The van der Waals surface area contributed by atoms with Crippen molar-refractivity contribution in [2.24, 2.45) is 17.8 Å². The molecule has 1 aliphatic carbocycles. The van der Waals surface area contributed by atoms with Gasteiger partial charge in [-0.15, -0.1) is 0 Å². The lowest BCUT2D eigenvalue weighted by molar-refractivity contribution is -0.137. The first-order valence-electron chi connectivity index (χ1n) is 12.4. The largest absolute Gasteiger partial charge is 0.464 e. The Bertz CT molecular complexity index is 1250. The van der Waals surface area contributed by atoms with Crippen LogP contribution in [-0.4, -0.2) is 29.2 Å². The van der Waals surface area contributed by atoms with E-state index < -0.39 is 23.7 Å². The van der Waals surface area contributed by atoms with Gasteiger partial charge in [0.15, 0.2) is 0 Å². The average Bonchev–Trinajstić information content (AvgIpc) is 3.07. The third-order valence-electron chi connectivity index (χ3n) is 7.71. The highest BCUT2D eigenvalue weighted by atomic mass is 19.4. The SMILES string of the molecule is O=C(O)N(c1cccc(F)c1)c1ccc(C(F)(F)F)cc1CC1C2CCC1CN(Cc1ccccc1)C2. The van der Waals surface area contributed by atoms with E-state index in [1.165, 1.54) is 29.8 Å². The molecule has 2 fully saturated rings. The van der Waals surface area contributed by atoms with Crippen molar-refractivity contribution in [3.63, 3.8) is 0 Å². The fourth-order valence-corrected chi connectivity index (χ4v) is 6.10. The Balaban J connectivity index is 1.45. The molecule has 0 aromatic heterocycles. The lowest BCUT2D eigenvalue weighted by Crippen LogP contribution is -2.42. The molecule has 1 saturated carbocycles. The van der Waals surface area contributed by atoms with Gasteiger partial charge in [-0.05, 0) is 84.5 Å². The molecule has 3 aromatic carbocycles. The van der Waals surface area contributed by atoms with Gasteiger partial charge in [0.2, 0.25) is 0 Å². The van der Waals surface area contributed by atoms with Gasteiger partial charge in [0.1, 0.15) is 5.82 Å². The second kappa shape index (κ2) is 10.2. The van der Waals surface area contributed by atoms with Gasteiger partial charge in [-0.3, -0.25) is 4.90 Å². The van der Waals surface area contributed by atoms with Crippen LogP contribution in [0.2, 0.25) is 0 Å². The van der Waals surface area contributed by atoms with Crippen LogP contribution in [0.3, 0.4) is 0 Å². The van der Waals surface area contributed by atoms with Crippen molar-refractivity contribution in [3.8, 4) is 0 Å². The van der Waals surface area contributed by atoms with Crippen molar-refractivity contribution in [3.05, 3.63) is 95.3 Å². The number of rotatable bonds is 6. The second-order valence-corrected chi connectivity index (χ2v) is 10.1. The molecule has 2 aliphatic rings. The molecule has 37 heavy (non-hydrogen) atoms. The number of anilines is 2. The van der Waals surface area contributed by atoms with E-state index >= 15 is 0 Å². The Labute approximate surface area is 213 Å². The van der Waals surface area contributed by atoms with Crippen LogP contribution in [0.4, 0.5) is 33.7 Å². The predicted molar refractivity (Wildman–Crippen MR) is 133 cm³/mol. The van der Waals surface area contributed by atoms with E-state index in [0.29, 0.717) is 23.8 Å². The second-order valence-electron chi connectivity index (χ2n) is 10.1. The van der Waals surface area contributed by atoms with Gasteiger partial charge in [0.25, 0.3) is 0 Å². The monoisotopic (exact) mass is 512 g/mol. The molecule has 1 heterocycles. The molecule has 3 aromatic rings. The third-order valence-corrected chi connectivity index (χ3v) is 7.71. The summed E-state index contributed by atoms with van der Waals surface area (Å²) in [7, 11) is 0. The zero-order valence-corrected chi connectivity index (χ0v) is 20.2. The summed E-state index contributed by atoms with van der Waals surface area (Å²) in [6.45, 7) is 2.55. The van der Waals surface area contributed by atoms with Gasteiger partial charge in [0, 0.05) is 19.6 Å². The van der Waals surface area contributed by atoms with Crippen molar-refractivity contribution < 1.29 is 27.5 Å². The predicted octanol–water partition coefficient (Wildman–Crippen LogP) is 7.36. The van der Waals surface area contributed by atoms with Crippen LogP contribution in [-0.2, 0) is 19.1 Å². The van der Waals surface area contributed by atoms with Crippen LogP contribution >= 0.6 is 0 Å². The Kier molecular flexibility index (Phi) is 6.94. The first-order chi connectivity index (χ1) is 17.7. The molecule has 1 aliphatic heterocycles. The summed E-state index contributed by atoms with van der Waals surface area (Å²) in [5.41, 5.74) is 0.920. The fourth-order valence-electron chi connectivity index (χ4n) is 6.10. The smallest absolute Gasteiger partial charge is 0.416 e. The van der Waals surface area contributed by atoms with E-state index in [1.807, 2.05) is 18.2 Å². The van der Waals surface area contributed by atoms with Crippen LogP contribution in [0.5, 0.6) is 0 Å². The standard InChI is InChI=1S/C29H28F4N2O2/c30-24-7-4-8-25(15-24)35(28(36)37)27-12-11-23(29(31,32)33)13-22(27)14-26-20-9-10-21(26)18-34(17-20)16-19-5-2-1-3-6-19/h1-8,11-13,15,20-21,26H,9-10,14,16-18H2,(H,36,37). The summed E-state index contributed by atoms with van der Waals surface area (Å²) < 4.78 is 54.9. The van der Waals surface area contributed by atoms with Crippen molar-refractivity contribution in [1.29, 1.82) is 0 Å². The fraction of sp³-hybridized carbons (Fsp3) is 0.345. The van der Waals surface area contributed by atoms with E-state index in [1.54, 1.807) is 0 Å². The lowest BCUT2D eigenvalue weighted by Gasteiger charge is -2.39. The third kappa shape index (κ3) is 5.49. The summed E-state index contributed by atoms with van der Waals surface area (Å²) in [5, 5.41) is 10.00. The lowest BCUT2D eigenvalue weighted by atomic mass is 9.80. The summed E-state index contributed by atoms with van der Waals surface area (Å²) in [6, 6.07) is 18.4. The first-order valence-corrected chi connectivity index (χ1v) is 12.4. The molecule has 2 bridgehead atoms. The number of carboxylic acid groups (broad SMARTS) is 1. The highest BCUT2D eigenvalue weighted by Gasteiger charge is 2.42. The van der Waals surface area contributed by atoms with Crippen LogP contribution in [0.1, 0.15) is 29.5 Å². The van der Waals surface area contributed by atoms with Crippen LogP contribution in [0, 0.1) is 23.6 Å². The number of carbonyl (C=O) groups is 1. The van der Waals surface area contributed by atoms with Crippen LogP contribution < -0.4 is 4.90 Å². The number of alkyl halides is 3. The minimum atomic E-state index is -4.56. The van der Waals surface area contributed by atoms with Gasteiger partial charge < -0.3 is 5.11 Å². The quantitative estimate of drug-likeness (QED) is 0.351. The minimum absolute atomic E-state index is 0.0501. The number of fused-ring (bicyclic) bond motifs is 2. The molecule has 2 unspecified atom stereocenters. The maximum absolute atomic E-state index is 13.9. The molecule has 2 atom stereocenters. The van der Waals surface area contributed by atoms with Gasteiger partial charge in [-0.2, -0.15) is 13.2 Å². The number of nitrogens with zero attached hydrogens (tertiary/aromatic N) is 2. The number of hydrogen-bond acceptors (Lipinski definition) is 2. The maximum Gasteiger partial charge on any atom is 0.416 e. The molecule has 1 amide bonds. The summed E-state index contributed by atoms with van der Waals surface area (Å²) in [5.74, 6) is 0.160. The zero-order valence-electron chi connectivity index (χ0n) is 20.2. The Morgan fingerprint density at radius 3 is 2.27 bits per heavy atom. The molecule has 1 N–H and O–H groups in total. The van der Waals surface area contributed by atoms with Gasteiger partial charge in [-0.1, -0.05) is 36.4 Å². The topological polar surface area (TPSA) is 43.8 Å². The van der Waals surface area contributed by atoms with E-state index in [9.17, 15) is 27.5 Å². The maximum atomic E-state index is 13.9. The summed E-state index contributed by atoms with van der Waals surface area (Å²) in [6.07, 6.45) is -3.60. The molecule has 0 radical (unpaired) electrons. The summed E-state index contributed by atoms with van der Waals surface area (Å²) >= 11 is 0. The highest BCUT2D eigenvalue weighted by molar-refractivity contribution is 5.95. The van der Waals surface area contributed by atoms with E-state index in [-0.39, 0.29) is 17.3 Å². The van der Waals surface area contributed by atoms with Gasteiger partial charge in [-0.25, -0.2) is 14.1 Å². The normalized spacial score (nSPS) is 21.7. The van der Waals surface area contributed by atoms with E-state index in [2.05, 4.69) is 17.0 Å². The Morgan fingerprint density at radius 1 is 0.946 bits per heavy atom. The molecule has 1 saturated heterocycles. The Hall–Kier alpha value is -3.39. The molecule has 5 rings (SSSR count). The molecule has 0 spiro atoms. The average molecular weight is 513 g/mol. The Morgan fingerprint density at radius 2 is 1.65 bits per heavy atom. The van der Waals surface area contributed by atoms with Crippen molar-refractivity contribution in [1.82, 2.24) is 4.90 Å². The zero-order chi connectivity index (χ0) is 26.2. The van der Waals surface area contributed by atoms with Crippen LogP contribution in [0.15, 0.2) is 72.8 Å². The van der Waals surface area contributed by atoms with Crippen molar-refractivity contribution in [2.45, 2.75) is 32.0 Å². The van der Waals surface area contributed by atoms with E-state index in [0.717, 1.165) is 55.6 Å². The van der Waals surface area contributed by atoms with Crippen molar-refractivity contribution in [2.75, 3.05) is 18.0 Å². The first kappa shape index (κ1) is 25.3. The number of halogens is 4. The highest BCUT2D eigenvalue weighted by Crippen LogP contribution is 2.46. The molecule has 4 nitrogen and oxygen atoms in total. The minimum Gasteiger partial charge on any atom is -0.464 e. The molecule has 194 valence electrons. The number of likely N-dealkylation sites (tertiary alicyclic amines) is 1. The van der Waals surface area contributed by atoms with Crippen LogP contribution in [0.25, 0.3) is 0 Å². The van der Waals surface area contributed by atoms with E-state index in [4.69, 9.17) is 0 Å². The van der Waals surface area contributed by atoms with Crippen molar-refractivity contribution >= 4 is 17.5 Å².